The van der Waals surface area contributed by atoms with Gasteiger partial charge in [0.25, 0.3) is 0 Å². The number of halogens is 2. The maximum absolute atomic E-state index is 13.6. The van der Waals surface area contributed by atoms with Crippen molar-refractivity contribution in [2.75, 3.05) is 19.8 Å². The van der Waals surface area contributed by atoms with Crippen molar-refractivity contribution in [2.45, 2.75) is 19.3 Å². The van der Waals surface area contributed by atoms with E-state index in [-0.39, 0.29) is 11.5 Å². The van der Waals surface area contributed by atoms with E-state index in [0.717, 1.165) is 32.1 Å². The van der Waals surface area contributed by atoms with Gasteiger partial charge in [-0.3, -0.25) is 4.79 Å². The lowest BCUT2D eigenvalue weighted by atomic mass is 10.0. The van der Waals surface area contributed by atoms with E-state index in [1.165, 1.54) is 12.1 Å². The molecule has 3 rings (SSSR count). The smallest absolute Gasteiger partial charge is 0.247 e. The van der Waals surface area contributed by atoms with Crippen molar-refractivity contribution in [3.8, 4) is 11.8 Å². The van der Waals surface area contributed by atoms with Crippen LogP contribution in [0.3, 0.4) is 0 Å². The van der Waals surface area contributed by atoms with E-state index in [1.54, 1.807) is 18.2 Å². The van der Waals surface area contributed by atoms with Crippen LogP contribution in [0.1, 0.15) is 24.8 Å². The molecule has 0 spiro atoms. The highest BCUT2D eigenvalue weighted by Gasteiger charge is 2.16. The van der Waals surface area contributed by atoms with Crippen LogP contribution in [-0.2, 0) is 9.53 Å². The highest BCUT2D eigenvalue weighted by Crippen LogP contribution is 2.15. The van der Waals surface area contributed by atoms with Gasteiger partial charge in [0.1, 0.15) is 11.6 Å². The van der Waals surface area contributed by atoms with Gasteiger partial charge >= 0.3 is 0 Å². The summed E-state index contributed by atoms with van der Waals surface area (Å²) in [6.07, 6.45) is 9.58. The highest BCUT2D eigenvalue weighted by molar-refractivity contribution is 5.94. The molecule has 1 fully saturated rings. The van der Waals surface area contributed by atoms with Gasteiger partial charge < -0.3 is 10.1 Å². The molecule has 1 aliphatic carbocycles. The van der Waals surface area contributed by atoms with Crippen LogP contribution in [0.5, 0.6) is 0 Å². The van der Waals surface area contributed by atoms with Crippen LogP contribution in [0.25, 0.3) is 0 Å². The van der Waals surface area contributed by atoms with E-state index in [0.29, 0.717) is 30.0 Å². The Bertz CT molecular complexity index is 853. The third-order valence-electron chi connectivity index (χ3n) is 4.56. The Morgan fingerprint density at radius 1 is 1.19 bits per heavy atom. The fourth-order valence-corrected chi connectivity index (χ4v) is 2.91. The minimum atomic E-state index is -0.690. The molecule has 1 N–H and O–H groups in total. The number of amides is 1. The predicted octanol–water partition coefficient (Wildman–Crippen LogP) is 3.67. The molecule has 1 aromatic carbocycles. The summed E-state index contributed by atoms with van der Waals surface area (Å²) in [5.41, 5.74) is 1.45. The van der Waals surface area contributed by atoms with Crippen LogP contribution in [0.4, 0.5) is 8.78 Å². The summed E-state index contributed by atoms with van der Waals surface area (Å²) in [7, 11) is 0. The molecule has 1 heterocycles. The molecule has 0 radical (unpaired) electrons. The molecule has 1 amide bonds. The van der Waals surface area contributed by atoms with E-state index in [9.17, 15) is 13.6 Å². The van der Waals surface area contributed by atoms with Crippen molar-refractivity contribution >= 4 is 5.91 Å². The minimum absolute atomic E-state index is 0.0822. The third-order valence-corrected chi connectivity index (χ3v) is 4.56. The topological polar surface area (TPSA) is 38.3 Å². The van der Waals surface area contributed by atoms with Gasteiger partial charge in [-0.2, -0.15) is 0 Å². The number of carbonyl (C=O) groups is 1. The Balaban J connectivity index is 1.62. The Kier molecular flexibility index (Phi) is 6.56. The zero-order chi connectivity index (χ0) is 19.1. The molecule has 3 nitrogen and oxygen atoms in total. The van der Waals surface area contributed by atoms with Gasteiger partial charge in [0.2, 0.25) is 5.91 Å². The van der Waals surface area contributed by atoms with E-state index in [1.807, 2.05) is 6.08 Å². The summed E-state index contributed by atoms with van der Waals surface area (Å²) >= 11 is 0. The SMILES string of the molecule is O=C(NCC1CCOCC1)C1=CC=C(C#Cc2ccc(F)cc2F)C=CC1. The molecule has 0 bridgehead atoms. The van der Waals surface area contributed by atoms with Gasteiger partial charge in [-0.1, -0.05) is 30.1 Å². The van der Waals surface area contributed by atoms with E-state index >= 15 is 0 Å². The molecular weight excluding hydrogens is 348 g/mol. The summed E-state index contributed by atoms with van der Waals surface area (Å²) in [4.78, 5) is 12.4. The van der Waals surface area contributed by atoms with Crippen molar-refractivity contribution in [1.82, 2.24) is 5.32 Å². The highest BCUT2D eigenvalue weighted by atomic mass is 19.1. The number of ether oxygens (including phenoxy) is 1. The zero-order valence-electron chi connectivity index (χ0n) is 14.9. The van der Waals surface area contributed by atoms with Crippen LogP contribution >= 0.6 is 0 Å². The Morgan fingerprint density at radius 3 is 2.78 bits per heavy atom. The van der Waals surface area contributed by atoms with Gasteiger partial charge in [-0.15, -0.1) is 0 Å². The lowest BCUT2D eigenvalue weighted by Gasteiger charge is -2.22. The number of hydrogen-bond acceptors (Lipinski definition) is 2. The average Bonchev–Trinajstić information content (AvgIpc) is 2.92. The van der Waals surface area contributed by atoms with Crippen molar-refractivity contribution < 1.29 is 18.3 Å². The number of allylic oxidation sites excluding steroid dienone is 5. The predicted molar refractivity (Wildman–Crippen MR) is 99.7 cm³/mol. The molecule has 0 atom stereocenters. The molecule has 1 aromatic rings. The van der Waals surface area contributed by atoms with Crippen LogP contribution in [-0.4, -0.2) is 25.7 Å². The van der Waals surface area contributed by atoms with Crippen molar-refractivity contribution in [3.05, 3.63) is 70.8 Å². The van der Waals surface area contributed by atoms with Crippen molar-refractivity contribution in [1.29, 1.82) is 0 Å². The Morgan fingerprint density at radius 2 is 2.00 bits per heavy atom. The molecule has 140 valence electrons. The third kappa shape index (κ3) is 5.63. The van der Waals surface area contributed by atoms with Crippen LogP contribution in [0.15, 0.2) is 53.6 Å². The van der Waals surface area contributed by atoms with E-state index < -0.39 is 11.6 Å². The first-order valence-corrected chi connectivity index (χ1v) is 9.02. The minimum Gasteiger partial charge on any atom is -0.381 e. The molecule has 0 aromatic heterocycles. The number of nitrogens with one attached hydrogen (secondary N) is 1. The molecule has 1 saturated heterocycles. The monoisotopic (exact) mass is 369 g/mol. The van der Waals surface area contributed by atoms with Gasteiger partial charge in [0.15, 0.2) is 0 Å². The zero-order valence-corrected chi connectivity index (χ0v) is 14.9. The van der Waals surface area contributed by atoms with Gasteiger partial charge in [0.05, 0.1) is 5.56 Å². The summed E-state index contributed by atoms with van der Waals surface area (Å²) in [5, 5.41) is 2.99. The standard InChI is InChI=1S/C22H21F2NO2/c23-20-9-8-18(21(24)14-20)6-4-16-2-1-3-19(7-5-16)22(26)25-15-17-10-12-27-13-11-17/h1-2,5,7-9,14,17H,3,10-13,15H2,(H,25,26). The Hall–Kier alpha value is -2.71. The molecule has 0 unspecified atom stereocenters. The first-order chi connectivity index (χ1) is 13.1. The summed E-state index contributed by atoms with van der Waals surface area (Å²) in [5.74, 6) is 4.61. The maximum Gasteiger partial charge on any atom is 0.247 e. The second-order valence-electron chi connectivity index (χ2n) is 6.56. The summed E-state index contributed by atoms with van der Waals surface area (Å²) < 4.78 is 31.9. The second kappa shape index (κ2) is 9.29. The van der Waals surface area contributed by atoms with Crippen LogP contribution in [0, 0.1) is 29.4 Å². The van der Waals surface area contributed by atoms with Crippen LogP contribution in [0.2, 0.25) is 0 Å². The van der Waals surface area contributed by atoms with Crippen molar-refractivity contribution in [3.63, 3.8) is 0 Å². The Labute approximate surface area is 157 Å². The summed E-state index contributed by atoms with van der Waals surface area (Å²) in [6.45, 7) is 2.17. The van der Waals surface area contributed by atoms with E-state index in [2.05, 4.69) is 17.2 Å². The first kappa shape index (κ1) is 19.1. The largest absolute Gasteiger partial charge is 0.381 e. The molecule has 1 aliphatic heterocycles. The average molecular weight is 369 g/mol. The lowest BCUT2D eigenvalue weighted by molar-refractivity contribution is -0.117. The van der Waals surface area contributed by atoms with Gasteiger partial charge in [0, 0.05) is 37.0 Å². The molecular formula is C22H21F2NO2. The number of benzene rings is 1. The quantitative estimate of drug-likeness (QED) is 0.826. The second-order valence-corrected chi connectivity index (χ2v) is 6.56. The normalized spacial score (nSPS) is 17.3. The van der Waals surface area contributed by atoms with Gasteiger partial charge in [-0.25, -0.2) is 8.78 Å². The number of hydrogen-bond donors (Lipinski definition) is 1. The van der Waals surface area contributed by atoms with E-state index in [4.69, 9.17) is 4.74 Å². The molecule has 0 saturated carbocycles. The van der Waals surface area contributed by atoms with Crippen molar-refractivity contribution in [2.24, 2.45) is 5.92 Å². The summed E-state index contributed by atoms with van der Waals surface area (Å²) in [6, 6.07) is 3.29. The maximum atomic E-state index is 13.6. The van der Waals surface area contributed by atoms with Gasteiger partial charge in [-0.05, 0) is 43.4 Å². The fraction of sp³-hybridized carbons (Fsp3) is 0.318. The molecule has 2 aliphatic rings. The van der Waals surface area contributed by atoms with Crippen LogP contribution < -0.4 is 5.32 Å². The fourth-order valence-electron chi connectivity index (χ4n) is 2.91. The lowest BCUT2D eigenvalue weighted by Crippen LogP contribution is -2.32. The number of rotatable bonds is 3. The first-order valence-electron chi connectivity index (χ1n) is 9.02. The number of carbonyl (C=O) groups excluding carboxylic acids is 1. The molecule has 27 heavy (non-hydrogen) atoms. The molecule has 5 heteroatoms.